The fourth-order valence-electron chi connectivity index (χ4n) is 2.80. The Hall–Kier alpha value is -1.07. The van der Waals surface area contributed by atoms with Crippen molar-refractivity contribution in [3.63, 3.8) is 0 Å². The van der Waals surface area contributed by atoms with Crippen molar-refractivity contribution in [1.29, 1.82) is 0 Å². The first-order valence-electron chi connectivity index (χ1n) is 7.57. The molecule has 24 heavy (non-hydrogen) atoms. The average Bonchev–Trinajstić information content (AvgIpc) is 2.52. The Morgan fingerprint density at radius 2 is 1.38 bits per heavy atom. The number of nitrogens with one attached hydrogen (secondary N) is 1. The van der Waals surface area contributed by atoms with Gasteiger partial charge in [-0.2, -0.15) is 0 Å². The summed E-state index contributed by atoms with van der Waals surface area (Å²) < 4.78 is 28.4. The topological polar surface area (TPSA) is 46.2 Å². The Kier molecular flexibility index (Phi) is 5.65. The van der Waals surface area contributed by atoms with Gasteiger partial charge >= 0.3 is 0 Å². The molecule has 0 aliphatic rings. The average molecular weight is 386 g/mol. The van der Waals surface area contributed by atoms with E-state index in [4.69, 9.17) is 23.2 Å². The zero-order chi connectivity index (χ0) is 18.2. The minimum absolute atomic E-state index is 0.0899. The van der Waals surface area contributed by atoms with Crippen molar-refractivity contribution in [3.05, 3.63) is 61.6 Å². The molecular formula is C18H21Cl2NO2S. The van der Waals surface area contributed by atoms with E-state index in [-0.39, 0.29) is 6.54 Å². The Morgan fingerprint density at radius 3 is 1.92 bits per heavy atom. The summed E-state index contributed by atoms with van der Waals surface area (Å²) in [6.45, 7) is 9.69. The zero-order valence-electron chi connectivity index (χ0n) is 14.4. The molecule has 0 bridgehead atoms. The third kappa shape index (κ3) is 3.47. The van der Waals surface area contributed by atoms with Crippen molar-refractivity contribution in [2.75, 3.05) is 0 Å². The van der Waals surface area contributed by atoms with Gasteiger partial charge in [0.2, 0.25) is 10.0 Å². The zero-order valence-corrected chi connectivity index (χ0v) is 16.7. The van der Waals surface area contributed by atoms with E-state index >= 15 is 0 Å². The van der Waals surface area contributed by atoms with Crippen LogP contribution in [0.15, 0.2) is 23.1 Å². The maximum absolute atomic E-state index is 12.9. The summed E-state index contributed by atoms with van der Waals surface area (Å²) in [7, 11) is -3.66. The highest BCUT2D eigenvalue weighted by molar-refractivity contribution is 7.89. The third-order valence-electron chi connectivity index (χ3n) is 4.68. The van der Waals surface area contributed by atoms with Crippen molar-refractivity contribution in [2.45, 2.75) is 46.1 Å². The van der Waals surface area contributed by atoms with Crippen LogP contribution < -0.4 is 4.72 Å². The van der Waals surface area contributed by atoms with Crippen molar-refractivity contribution in [2.24, 2.45) is 0 Å². The van der Waals surface area contributed by atoms with Crippen molar-refractivity contribution in [1.82, 2.24) is 4.72 Å². The Morgan fingerprint density at radius 1 is 0.875 bits per heavy atom. The monoisotopic (exact) mass is 385 g/mol. The molecule has 0 aliphatic carbocycles. The molecule has 1 N–H and O–H groups in total. The predicted molar refractivity (Wildman–Crippen MR) is 101 cm³/mol. The van der Waals surface area contributed by atoms with Crippen LogP contribution in [-0.2, 0) is 16.6 Å². The maximum Gasteiger partial charge on any atom is 0.241 e. The maximum atomic E-state index is 12.9. The number of sulfonamides is 1. The molecule has 0 unspecified atom stereocenters. The minimum atomic E-state index is -3.66. The first-order chi connectivity index (χ1) is 11.1. The van der Waals surface area contributed by atoms with Gasteiger partial charge in [-0.05, 0) is 74.1 Å². The largest absolute Gasteiger partial charge is 0.241 e. The fraction of sp³-hybridized carbons (Fsp3) is 0.333. The molecule has 0 saturated carbocycles. The van der Waals surface area contributed by atoms with Crippen LogP contribution >= 0.6 is 23.2 Å². The molecule has 2 rings (SSSR count). The van der Waals surface area contributed by atoms with E-state index in [1.807, 2.05) is 34.6 Å². The molecule has 0 saturated heterocycles. The first kappa shape index (κ1) is 19.3. The Balaban J connectivity index is 2.44. The van der Waals surface area contributed by atoms with Crippen LogP contribution in [0.25, 0.3) is 0 Å². The molecule has 3 nitrogen and oxygen atoms in total. The van der Waals surface area contributed by atoms with Crippen LogP contribution in [-0.4, -0.2) is 8.42 Å². The van der Waals surface area contributed by atoms with Gasteiger partial charge in [-0.1, -0.05) is 35.3 Å². The molecule has 0 aliphatic heterocycles. The van der Waals surface area contributed by atoms with Gasteiger partial charge in [-0.25, -0.2) is 13.1 Å². The molecule has 0 fully saturated rings. The standard InChI is InChI=1S/C18H21Cl2NO2S/c1-10-11(2)13(4)18(14(5)12(10)3)24(22,23)21-9-15-7-6-8-16(19)17(15)20/h6-8,21H,9H2,1-5H3. The van der Waals surface area contributed by atoms with Crippen molar-refractivity contribution >= 4 is 33.2 Å². The highest BCUT2D eigenvalue weighted by Gasteiger charge is 2.23. The van der Waals surface area contributed by atoms with E-state index in [2.05, 4.69) is 4.72 Å². The number of hydrogen-bond acceptors (Lipinski definition) is 2. The van der Waals surface area contributed by atoms with Crippen LogP contribution in [0.1, 0.15) is 33.4 Å². The van der Waals surface area contributed by atoms with Gasteiger partial charge in [0.05, 0.1) is 14.9 Å². The van der Waals surface area contributed by atoms with E-state index in [0.717, 1.165) is 27.8 Å². The van der Waals surface area contributed by atoms with E-state index < -0.39 is 10.0 Å². The van der Waals surface area contributed by atoms with Crippen LogP contribution in [0.4, 0.5) is 0 Å². The van der Waals surface area contributed by atoms with E-state index in [9.17, 15) is 8.42 Å². The minimum Gasteiger partial charge on any atom is -0.207 e. The van der Waals surface area contributed by atoms with Crippen LogP contribution in [0.5, 0.6) is 0 Å². The number of rotatable bonds is 4. The first-order valence-corrected chi connectivity index (χ1v) is 9.81. The lowest BCUT2D eigenvalue weighted by Gasteiger charge is -2.19. The second-order valence-electron chi connectivity index (χ2n) is 5.99. The molecule has 2 aromatic carbocycles. The molecule has 0 spiro atoms. The quantitative estimate of drug-likeness (QED) is 0.803. The van der Waals surface area contributed by atoms with Gasteiger partial charge in [0.15, 0.2) is 0 Å². The highest BCUT2D eigenvalue weighted by atomic mass is 35.5. The van der Waals surface area contributed by atoms with Crippen molar-refractivity contribution < 1.29 is 8.42 Å². The lowest BCUT2D eigenvalue weighted by molar-refractivity contribution is 0.579. The second-order valence-corrected chi connectivity index (χ2v) is 8.48. The summed E-state index contributed by atoms with van der Waals surface area (Å²) in [5.41, 5.74) is 5.32. The van der Waals surface area contributed by atoms with E-state index in [0.29, 0.717) is 20.5 Å². The summed E-state index contributed by atoms with van der Waals surface area (Å²) in [6.07, 6.45) is 0. The van der Waals surface area contributed by atoms with Gasteiger partial charge in [-0.15, -0.1) is 0 Å². The van der Waals surface area contributed by atoms with Crippen LogP contribution in [0.3, 0.4) is 0 Å². The molecule has 2 aromatic rings. The van der Waals surface area contributed by atoms with E-state index in [1.54, 1.807) is 18.2 Å². The number of hydrogen-bond donors (Lipinski definition) is 1. The molecule has 0 heterocycles. The normalized spacial score (nSPS) is 11.8. The Bertz CT molecular complexity index is 877. The van der Waals surface area contributed by atoms with Crippen molar-refractivity contribution in [3.8, 4) is 0 Å². The summed E-state index contributed by atoms with van der Waals surface area (Å²) in [6, 6.07) is 5.17. The smallest absolute Gasteiger partial charge is 0.207 e. The molecule has 0 radical (unpaired) electrons. The molecule has 130 valence electrons. The summed E-state index contributed by atoms with van der Waals surface area (Å²) in [4.78, 5) is 0.348. The van der Waals surface area contributed by atoms with E-state index in [1.165, 1.54) is 0 Å². The summed E-state index contributed by atoms with van der Waals surface area (Å²) >= 11 is 12.1. The third-order valence-corrected chi connectivity index (χ3v) is 7.22. The Labute approximate surface area is 154 Å². The van der Waals surface area contributed by atoms with Gasteiger partial charge in [-0.3, -0.25) is 0 Å². The molecule has 0 amide bonds. The van der Waals surface area contributed by atoms with Gasteiger partial charge in [0.25, 0.3) is 0 Å². The van der Waals surface area contributed by atoms with Crippen LogP contribution in [0.2, 0.25) is 10.0 Å². The fourth-order valence-corrected chi connectivity index (χ4v) is 4.79. The molecular weight excluding hydrogens is 365 g/mol. The highest BCUT2D eigenvalue weighted by Crippen LogP contribution is 2.30. The molecule has 0 atom stereocenters. The lowest BCUT2D eigenvalue weighted by atomic mass is 9.95. The lowest BCUT2D eigenvalue weighted by Crippen LogP contribution is -2.26. The van der Waals surface area contributed by atoms with Crippen LogP contribution in [0, 0.1) is 34.6 Å². The number of benzene rings is 2. The summed E-state index contributed by atoms with van der Waals surface area (Å²) in [5.74, 6) is 0. The SMILES string of the molecule is Cc1c(C)c(C)c(S(=O)(=O)NCc2cccc(Cl)c2Cl)c(C)c1C. The molecule has 6 heteroatoms. The van der Waals surface area contributed by atoms with Gasteiger partial charge < -0.3 is 0 Å². The molecule has 0 aromatic heterocycles. The number of halogens is 2. The van der Waals surface area contributed by atoms with Gasteiger partial charge in [0, 0.05) is 6.54 Å². The summed E-state index contributed by atoms with van der Waals surface area (Å²) in [5, 5.41) is 0.773. The van der Waals surface area contributed by atoms with Gasteiger partial charge in [0.1, 0.15) is 0 Å². The second kappa shape index (κ2) is 7.04. The predicted octanol–water partition coefficient (Wildman–Crippen LogP) is 5.01.